The number of nitrogens with zero attached hydrogens (tertiary/aromatic N) is 1. The quantitative estimate of drug-likeness (QED) is 0.847. The van der Waals surface area contributed by atoms with Crippen LogP contribution >= 0.6 is 15.9 Å². The molecule has 0 N–H and O–H groups in total. The van der Waals surface area contributed by atoms with E-state index in [1.807, 2.05) is 6.07 Å². The molecule has 2 rings (SSSR count). The Kier molecular flexibility index (Phi) is 4.32. The summed E-state index contributed by atoms with van der Waals surface area (Å²) < 4.78 is 19.1. The van der Waals surface area contributed by atoms with Crippen LogP contribution in [0.1, 0.15) is 5.56 Å². The van der Waals surface area contributed by atoms with E-state index in [1.54, 1.807) is 12.1 Å². The molecule has 0 aliphatic carbocycles. The molecule has 1 heterocycles. The van der Waals surface area contributed by atoms with Gasteiger partial charge in [-0.05, 0) is 40.0 Å². The van der Waals surface area contributed by atoms with E-state index in [4.69, 9.17) is 4.74 Å². The van der Waals surface area contributed by atoms with Gasteiger partial charge in [-0.1, -0.05) is 6.07 Å². The average Bonchev–Trinajstić information content (AvgIpc) is 2.32. The molecule has 0 unspecified atom stereocenters. The van der Waals surface area contributed by atoms with Crippen molar-refractivity contribution in [1.82, 2.24) is 4.90 Å². The summed E-state index contributed by atoms with van der Waals surface area (Å²) >= 11 is 3.16. The van der Waals surface area contributed by atoms with E-state index in [0.29, 0.717) is 4.47 Å². The summed E-state index contributed by atoms with van der Waals surface area (Å²) in [5.41, 5.74) is 1.05. The third-order valence-electron chi connectivity index (χ3n) is 2.80. The highest BCUT2D eigenvalue weighted by Gasteiger charge is 2.10. The summed E-state index contributed by atoms with van der Waals surface area (Å²) in [5, 5.41) is 0. The molecule has 1 fully saturated rings. The first-order valence-electron chi connectivity index (χ1n) is 5.50. The fourth-order valence-electron chi connectivity index (χ4n) is 1.81. The van der Waals surface area contributed by atoms with Crippen molar-refractivity contribution in [3.63, 3.8) is 0 Å². The van der Waals surface area contributed by atoms with Gasteiger partial charge in [0, 0.05) is 19.6 Å². The normalized spacial score (nSPS) is 17.6. The minimum atomic E-state index is -0.181. The second-order valence-corrected chi connectivity index (χ2v) is 4.81. The molecule has 0 aromatic heterocycles. The van der Waals surface area contributed by atoms with Crippen molar-refractivity contribution in [2.45, 2.75) is 6.42 Å². The first-order valence-corrected chi connectivity index (χ1v) is 6.29. The van der Waals surface area contributed by atoms with Gasteiger partial charge in [0.1, 0.15) is 5.82 Å². The van der Waals surface area contributed by atoms with E-state index in [-0.39, 0.29) is 5.82 Å². The predicted octanol–water partition coefficient (Wildman–Crippen LogP) is 2.46. The summed E-state index contributed by atoms with van der Waals surface area (Å²) in [4.78, 5) is 2.35. The Hall–Kier alpha value is -0.450. The van der Waals surface area contributed by atoms with Crippen molar-refractivity contribution < 1.29 is 9.13 Å². The second-order valence-electron chi connectivity index (χ2n) is 3.95. The highest BCUT2D eigenvalue weighted by molar-refractivity contribution is 9.10. The number of hydrogen-bond acceptors (Lipinski definition) is 2. The highest BCUT2D eigenvalue weighted by atomic mass is 79.9. The molecule has 1 aliphatic heterocycles. The molecule has 0 atom stereocenters. The first-order chi connectivity index (χ1) is 7.75. The van der Waals surface area contributed by atoms with Gasteiger partial charge in [0.15, 0.2) is 0 Å². The van der Waals surface area contributed by atoms with Crippen LogP contribution < -0.4 is 0 Å². The third kappa shape index (κ3) is 3.27. The zero-order chi connectivity index (χ0) is 11.4. The van der Waals surface area contributed by atoms with Crippen molar-refractivity contribution in [3.8, 4) is 0 Å². The lowest BCUT2D eigenvalue weighted by atomic mass is 10.1. The van der Waals surface area contributed by atoms with Crippen LogP contribution in [0.3, 0.4) is 0 Å². The Labute approximate surface area is 104 Å². The molecule has 0 bridgehead atoms. The monoisotopic (exact) mass is 287 g/mol. The van der Waals surface area contributed by atoms with Crippen LogP contribution in [-0.4, -0.2) is 37.7 Å². The largest absolute Gasteiger partial charge is 0.379 e. The smallest absolute Gasteiger partial charge is 0.137 e. The van der Waals surface area contributed by atoms with Crippen molar-refractivity contribution in [1.29, 1.82) is 0 Å². The van der Waals surface area contributed by atoms with E-state index in [0.717, 1.165) is 44.8 Å². The zero-order valence-corrected chi connectivity index (χ0v) is 10.7. The van der Waals surface area contributed by atoms with E-state index in [1.165, 1.54) is 0 Å². The first kappa shape index (κ1) is 12.0. The number of halogens is 2. The Balaban J connectivity index is 1.86. The van der Waals surface area contributed by atoms with E-state index >= 15 is 0 Å². The Morgan fingerprint density at radius 3 is 2.75 bits per heavy atom. The van der Waals surface area contributed by atoms with Crippen LogP contribution in [0.15, 0.2) is 22.7 Å². The van der Waals surface area contributed by atoms with Crippen molar-refractivity contribution in [3.05, 3.63) is 34.1 Å². The van der Waals surface area contributed by atoms with Crippen LogP contribution in [0.25, 0.3) is 0 Å². The Morgan fingerprint density at radius 2 is 2.06 bits per heavy atom. The van der Waals surface area contributed by atoms with Gasteiger partial charge in [0.05, 0.1) is 17.7 Å². The van der Waals surface area contributed by atoms with Gasteiger partial charge in [0.25, 0.3) is 0 Å². The van der Waals surface area contributed by atoms with Gasteiger partial charge < -0.3 is 4.74 Å². The number of benzene rings is 1. The van der Waals surface area contributed by atoms with Gasteiger partial charge in [0.2, 0.25) is 0 Å². The van der Waals surface area contributed by atoms with Crippen molar-refractivity contribution in [2.24, 2.45) is 0 Å². The molecule has 0 amide bonds. The zero-order valence-electron chi connectivity index (χ0n) is 9.09. The fraction of sp³-hybridized carbons (Fsp3) is 0.500. The molecular formula is C12H15BrFNO. The molecule has 1 aliphatic rings. The fourth-order valence-corrected chi connectivity index (χ4v) is 2.05. The van der Waals surface area contributed by atoms with Gasteiger partial charge in [-0.3, -0.25) is 4.90 Å². The minimum absolute atomic E-state index is 0.181. The van der Waals surface area contributed by atoms with E-state index in [2.05, 4.69) is 20.8 Å². The maximum Gasteiger partial charge on any atom is 0.137 e. The number of hydrogen-bond donors (Lipinski definition) is 0. The lowest BCUT2D eigenvalue weighted by Crippen LogP contribution is -2.37. The molecule has 88 valence electrons. The van der Waals surface area contributed by atoms with Gasteiger partial charge in [-0.2, -0.15) is 0 Å². The molecule has 1 aromatic rings. The molecule has 2 nitrogen and oxygen atoms in total. The van der Waals surface area contributed by atoms with Gasteiger partial charge in [-0.15, -0.1) is 0 Å². The van der Waals surface area contributed by atoms with Crippen LogP contribution in [0, 0.1) is 5.82 Å². The van der Waals surface area contributed by atoms with Crippen molar-refractivity contribution in [2.75, 3.05) is 32.8 Å². The Morgan fingerprint density at radius 1 is 1.31 bits per heavy atom. The third-order valence-corrected chi connectivity index (χ3v) is 3.45. The molecular weight excluding hydrogens is 273 g/mol. The van der Waals surface area contributed by atoms with E-state index in [9.17, 15) is 4.39 Å². The maximum atomic E-state index is 13.3. The van der Waals surface area contributed by atoms with Crippen LogP contribution in [0.5, 0.6) is 0 Å². The molecule has 1 saturated heterocycles. The molecule has 16 heavy (non-hydrogen) atoms. The highest BCUT2D eigenvalue weighted by Crippen LogP contribution is 2.16. The van der Waals surface area contributed by atoms with Crippen LogP contribution in [-0.2, 0) is 11.2 Å². The second kappa shape index (κ2) is 5.75. The van der Waals surface area contributed by atoms with E-state index < -0.39 is 0 Å². The topological polar surface area (TPSA) is 12.5 Å². The Bertz CT molecular complexity index is 353. The van der Waals surface area contributed by atoms with Crippen molar-refractivity contribution >= 4 is 15.9 Å². The number of rotatable bonds is 3. The van der Waals surface area contributed by atoms with Gasteiger partial charge >= 0.3 is 0 Å². The molecule has 0 spiro atoms. The standard InChI is InChI=1S/C12H15BrFNO/c13-11-2-1-10(9-12(11)14)3-4-15-5-7-16-8-6-15/h1-2,9H,3-8H2. The van der Waals surface area contributed by atoms with Crippen LogP contribution in [0.2, 0.25) is 0 Å². The summed E-state index contributed by atoms with van der Waals surface area (Å²) in [5.74, 6) is -0.181. The molecule has 1 aromatic carbocycles. The summed E-state index contributed by atoms with van der Waals surface area (Å²) in [6.45, 7) is 4.58. The lowest BCUT2D eigenvalue weighted by Gasteiger charge is -2.26. The summed E-state index contributed by atoms with van der Waals surface area (Å²) in [6, 6.07) is 5.34. The maximum absolute atomic E-state index is 13.3. The minimum Gasteiger partial charge on any atom is -0.379 e. The summed E-state index contributed by atoms with van der Waals surface area (Å²) in [7, 11) is 0. The van der Waals surface area contributed by atoms with Crippen LogP contribution in [0.4, 0.5) is 4.39 Å². The SMILES string of the molecule is Fc1cc(CCN2CCOCC2)ccc1Br. The molecule has 4 heteroatoms. The summed E-state index contributed by atoms with van der Waals surface area (Å²) in [6.07, 6.45) is 0.893. The number of morpholine rings is 1. The lowest BCUT2D eigenvalue weighted by molar-refractivity contribution is 0.0384. The van der Waals surface area contributed by atoms with Gasteiger partial charge in [-0.25, -0.2) is 4.39 Å². The average molecular weight is 288 g/mol. The predicted molar refractivity (Wildman–Crippen MR) is 65.1 cm³/mol. The number of ether oxygens (including phenoxy) is 1. The molecule has 0 saturated carbocycles. The molecule has 0 radical (unpaired) electrons.